The fourth-order valence-corrected chi connectivity index (χ4v) is 4.30. The van der Waals surface area contributed by atoms with Gasteiger partial charge in [0.2, 0.25) is 0 Å². The number of nitrogens with one attached hydrogen (secondary N) is 1. The highest BCUT2D eigenvalue weighted by molar-refractivity contribution is 7.92. The molecule has 0 saturated carbocycles. The Morgan fingerprint density at radius 2 is 1.78 bits per heavy atom. The summed E-state index contributed by atoms with van der Waals surface area (Å²) in [5.74, 6) is -0.675. The van der Waals surface area contributed by atoms with Gasteiger partial charge in [0.1, 0.15) is 5.54 Å². The van der Waals surface area contributed by atoms with E-state index in [1.54, 1.807) is 6.07 Å². The first-order valence-corrected chi connectivity index (χ1v) is 12.6. The van der Waals surface area contributed by atoms with E-state index in [1.165, 1.54) is 31.1 Å². The molecule has 10 nitrogen and oxygen atoms in total. The third kappa shape index (κ3) is 5.53. The van der Waals surface area contributed by atoms with E-state index >= 15 is 0 Å². The number of nitrogens with zero attached hydrogens (tertiary/aromatic N) is 3. The van der Waals surface area contributed by atoms with Gasteiger partial charge >= 0.3 is 17.6 Å². The maximum atomic E-state index is 13.3. The molecule has 1 fully saturated rings. The highest BCUT2D eigenvalue weighted by Gasteiger charge is 2.52. The number of anilines is 2. The molecule has 0 bridgehead atoms. The maximum absolute atomic E-state index is 13.3. The Morgan fingerprint density at radius 3 is 2.38 bits per heavy atom. The zero-order valence-electron chi connectivity index (χ0n) is 20.2. The van der Waals surface area contributed by atoms with Crippen molar-refractivity contribution in [2.24, 2.45) is 0 Å². The number of alkyl halides is 3. The van der Waals surface area contributed by atoms with Gasteiger partial charge in [-0.1, -0.05) is 13.3 Å². The number of imide groups is 1. The summed E-state index contributed by atoms with van der Waals surface area (Å²) in [6.45, 7) is 5.02. The van der Waals surface area contributed by atoms with Crippen LogP contribution in [-0.2, 0) is 25.9 Å². The first-order valence-electron chi connectivity index (χ1n) is 11.2. The molecule has 0 unspecified atom stereocenters. The second-order valence-corrected chi connectivity index (χ2v) is 10.6. The monoisotopic (exact) mass is 542 g/mol. The number of carbonyl (C=O) groups is 3. The third-order valence-corrected chi connectivity index (χ3v) is 7.24. The Bertz CT molecular complexity index is 1300. The van der Waals surface area contributed by atoms with Crippen molar-refractivity contribution in [3.63, 3.8) is 0 Å². The SMILES string of the molecule is CCCCOC(=O)Nc1cnccc1CN1C(=O)N(c2ccc(S(=O)(=O)C(F)(F)F)cc2)C(=O)C1(C)C. The quantitative estimate of drug-likeness (QED) is 0.385. The van der Waals surface area contributed by atoms with Gasteiger partial charge < -0.3 is 9.64 Å². The zero-order valence-corrected chi connectivity index (χ0v) is 21.0. The first kappa shape index (κ1) is 27.9. The average molecular weight is 543 g/mol. The Labute approximate surface area is 211 Å². The summed E-state index contributed by atoms with van der Waals surface area (Å²) < 4.78 is 66.9. The molecule has 2 heterocycles. The molecule has 1 aromatic carbocycles. The first-order chi connectivity index (χ1) is 17.2. The second kappa shape index (κ2) is 10.4. The number of carbonyl (C=O) groups excluding carboxylic acids is 3. The van der Waals surface area contributed by atoms with Gasteiger partial charge in [-0.25, -0.2) is 22.9 Å². The number of benzene rings is 1. The third-order valence-electron chi connectivity index (χ3n) is 5.74. The van der Waals surface area contributed by atoms with Crippen molar-refractivity contribution in [1.29, 1.82) is 0 Å². The molecule has 200 valence electrons. The second-order valence-electron chi connectivity index (χ2n) is 8.66. The van der Waals surface area contributed by atoms with Crippen molar-refractivity contribution in [2.75, 3.05) is 16.8 Å². The Kier molecular flexibility index (Phi) is 7.81. The summed E-state index contributed by atoms with van der Waals surface area (Å²) in [7, 11) is -5.59. The molecular weight excluding hydrogens is 517 g/mol. The minimum Gasteiger partial charge on any atom is -0.449 e. The van der Waals surface area contributed by atoms with Crippen molar-refractivity contribution in [1.82, 2.24) is 9.88 Å². The summed E-state index contributed by atoms with van der Waals surface area (Å²) in [6, 6.07) is 4.05. The van der Waals surface area contributed by atoms with E-state index in [9.17, 15) is 36.0 Å². The van der Waals surface area contributed by atoms with Gasteiger partial charge in [0, 0.05) is 6.20 Å². The molecule has 1 N–H and O–H groups in total. The maximum Gasteiger partial charge on any atom is 0.501 e. The summed E-state index contributed by atoms with van der Waals surface area (Å²) in [5, 5.41) is 2.56. The van der Waals surface area contributed by atoms with Crippen LogP contribution in [0.15, 0.2) is 47.6 Å². The summed E-state index contributed by atoms with van der Waals surface area (Å²) >= 11 is 0. The standard InChI is InChI=1S/C23H25F3N4O6S/c1-4-5-12-36-20(32)28-18-13-27-11-10-15(18)14-29-21(33)30(19(31)22(29,2)3)16-6-8-17(9-7-16)37(34,35)23(24,25)26/h6-11,13H,4-5,12,14H2,1-3H3,(H,28,32). The van der Waals surface area contributed by atoms with Gasteiger partial charge in [0.15, 0.2) is 0 Å². The number of hydrogen-bond acceptors (Lipinski definition) is 7. The predicted molar refractivity (Wildman–Crippen MR) is 126 cm³/mol. The number of ether oxygens (including phenoxy) is 1. The molecule has 3 rings (SSSR count). The predicted octanol–water partition coefficient (Wildman–Crippen LogP) is 4.47. The van der Waals surface area contributed by atoms with E-state index in [2.05, 4.69) is 10.3 Å². The Balaban J connectivity index is 1.85. The van der Waals surface area contributed by atoms with Crippen molar-refractivity contribution in [3.05, 3.63) is 48.3 Å². The zero-order chi connectivity index (χ0) is 27.6. The largest absolute Gasteiger partial charge is 0.501 e. The van der Waals surface area contributed by atoms with Crippen LogP contribution < -0.4 is 10.2 Å². The van der Waals surface area contributed by atoms with E-state index in [1.807, 2.05) is 6.92 Å². The van der Waals surface area contributed by atoms with E-state index in [-0.39, 0.29) is 24.5 Å². The van der Waals surface area contributed by atoms with Gasteiger partial charge in [-0.05, 0) is 56.2 Å². The fraction of sp³-hybridized carbons (Fsp3) is 0.391. The molecule has 1 aliphatic rings. The van der Waals surface area contributed by atoms with Crippen molar-refractivity contribution >= 4 is 39.2 Å². The van der Waals surface area contributed by atoms with Crippen LogP contribution in [0.2, 0.25) is 0 Å². The number of urea groups is 1. The van der Waals surface area contributed by atoms with Crippen LogP contribution in [0.25, 0.3) is 0 Å². The number of amides is 4. The molecule has 0 radical (unpaired) electrons. The van der Waals surface area contributed by atoms with Crippen molar-refractivity contribution in [3.8, 4) is 0 Å². The van der Waals surface area contributed by atoms with Crippen LogP contribution in [0.1, 0.15) is 39.2 Å². The lowest BCUT2D eigenvalue weighted by Gasteiger charge is -2.28. The number of sulfone groups is 1. The van der Waals surface area contributed by atoms with Gasteiger partial charge in [0.05, 0.1) is 35.6 Å². The number of halogens is 3. The molecule has 1 aliphatic heterocycles. The molecule has 1 aromatic heterocycles. The number of rotatable bonds is 8. The fourth-order valence-electron chi connectivity index (χ4n) is 3.54. The molecule has 2 aromatic rings. The number of hydrogen-bond donors (Lipinski definition) is 1. The van der Waals surface area contributed by atoms with Crippen LogP contribution in [0.4, 0.5) is 34.1 Å². The normalized spacial score (nSPS) is 15.7. The van der Waals surface area contributed by atoms with Gasteiger partial charge in [-0.15, -0.1) is 0 Å². The smallest absolute Gasteiger partial charge is 0.449 e. The molecule has 37 heavy (non-hydrogen) atoms. The lowest BCUT2D eigenvalue weighted by molar-refractivity contribution is -0.123. The molecule has 0 spiro atoms. The molecule has 0 aliphatic carbocycles. The van der Waals surface area contributed by atoms with Crippen LogP contribution >= 0.6 is 0 Å². The number of pyridine rings is 1. The molecular formula is C23H25F3N4O6S. The van der Waals surface area contributed by atoms with Crippen molar-refractivity contribution < 1.29 is 40.7 Å². The minimum absolute atomic E-state index is 0.0979. The van der Waals surface area contributed by atoms with Crippen LogP contribution in [0, 0.1) is 0 Å². The highest BCUT2D eigenvalue weighted by atomic mass is 32.2. The summed E-state index contributed by atoms with van der Waals surface area (Å²) in [5.41, 5.74) is -6.26. The lowest BCUT2D eigenvalue weighted by Crippen LogP contribution is -2.43. The Morgan fingerprint density at radius 1 is 1.14 bits per heavy atom. The van der Waals surface area contributed by atoms with E-state index in [0.717, 1.165) is 23.5 Å². The molecule has 4 amide bonds. The minimum atomic E-state index is -5.59. The van der Waals surface area contributed by atoms with Gasteiger partial charge in [-0.3, -0.25) is 15.1 Å². The van der Waals surface area contributed by atoms with E-state index < -0.39 is 43.8 Å². The van der Waals surface area contributed by atoms with E-state index in [0.29, 0.717) is 24.1 Å². The van der Waals surface area contributed by atoms with E-state index in [4.69, 9.17) is 4.74 Å². The average Bonchev–Trinajstić information content (AvgIpc) is 2.99. The number of unbranched alkanes of at least 4 members (excludes halogenated alkanes) is 1. The molecule has 14 heteroatoms. The molecule has 0 atom stereocenters. The van der Waals surface area contributed by atoms with Crippen LogP contribution in [0.3, 0.4) is 0 Å². The number of aromatic nitrogens is 1. The van der Waals surface area contributed by atoms with Gasteiger partial charge in [0.25, 0.3) is 15.7 Å². The van der Waals surface area contributed by atoms with Crippen molar-refractivity contribution in [2.45, 2.75) is 56.1 Å². The lowest BCUT2D eigenvalue weighted by atomic mass is 10.0. The summed E-state index contributed by atoms with van der Waals surface area (Å²) in [4.78, 5) is 43.5. The van der Waals surface area contributed by atoms with Crippen LogP contribution in [0.5, 0.6) is 0 Å². The summed E-state index contributed by atoms with van der Waals surface area (Å²) in [6.07, 6.45) is 3.62. The highest BCUT2D eigenvalue weighted by Crippen LogP contribution is 2.36. The Hall–Kier alpha value is -3.68. The van der Waals surface area contributed by atoms with Crippen LogP contribution in [-0.4, -0.2) is 54.0 Å². The molecule has 1 saturated heterocycles. The topological polar surface area (TPSA) is 126 Å². The van der Waals surface area contributed by atoms with Gasteiger partial charge in [-0.2, -0.15) is 13.2 Å².